The summed E-state index contributed by atoms with van der Waals surface area (Å²) in [6.45, 7) is 5.84. The van der Waals surface area contributed by atoms with Crippen LogP contribution in [-0.4, -0.2) is 17.5 Å². The van der Waals surface area contributed by atoms with Crippen molar-refractivity contribution in [1.29, 1.82) is 0 Å². The number of halogens is 1. The van der Waals surface area contributed by atoms with Gasteiger partial charge < -0.3 is 11.1 Å². The molecule has 0 fully saturated rings. The number of nitrogens with one attached hydrogen (secondary N) is 1. The van der Waals surface area contributed by atoms with E-state index in [2.05, 4.69) is 34.5 Å². The van der Waals surface area contributed by atoms with Crippen molar-refractivity contribution >= 4 is 41.3 Å². The molecule has 0 aliphatic rings. The molecule has 21 heavy (non-hydrogen) atoms. The predicted molar refractivity (Wildman–Crippen MR) is 104 cm³/mol. The summed E-state index contributed by atoms with van der Waals surface area (Å²) in [7, 11) is 0. The van der Waals surface area contributed by atoms with Gasteiger partial charge in [-0.3, -0.25) is 0 Å². The van der Waals surface area contributed by atoms with Crippen LogP contribution in [-0.2, 0) is 13.0 Å². The number of nitrogens with zero attached hydrogens (tertiary/aromatic N) is 2. The van der Waals surface area contributed by atoms with Gasteiger partial charge in [0.2, 0.25) is 0 Å². The Hall–Kier alpha value is -0.370. The molecule has 6 heteroatoms. The van der Waals surface area contributed by atoms with Gasteiger partial charge >= 0.3 is 0 Å². The maximum absolute atomic E-state index is 5.84. The molecule has 0 amide bonds. The highest BCUT2D eigenvalue weighted by molar-refractivity contribution is 14.0. The molecule has 122 valence electrons. The molecule has 1 heterocycles. The van der Waals surface area contributed by atoms with E-state index in [1.54, 1.807) is 11.3 Å². The predicted octanol–water partition coefficient (Wildman–Crippen LogP) is 4.09. The van der Waals surface area contributed by atoms with Crippen LogP contribution in [0.1, 0.15) is 63.1 Å². The molecular weight excluding hydrogens is 395 g/mol. The summed E-state index contributed by atoms with van der Waals surface area (Å²) >= 11 is 1.69. The Morgan fingerprint density at radius 2 is 1.95 bits per heavy atom. The third kappa shape index (κ3) is 10.1. The van der Waals surface area contributed by atoms with Crippen molar-refractivity contribution in [3.8, 4) is 0 Å². The van der Waals surface area contributed by atoms with Gasteiger partial charge in [-0.25, -0.2) is 9.98 Å². The molecule has 0 spiro atoms. The maximum atomic E-state index is 5.84. The number of aryl methyl sites for hydroxylation is 1. The standard InChI is InChI=1S/C15H28N4S.HI/c1-3-5-6-7-8-9-10-17-15(16)18-11-13-12-20-14(4-2)19-13;/h12H,3-11H2,1-2H3,(H3,16,17,18);1H. The van der Waals surface area contributed by atoms with Crippen molar-refractivity contribution < 1.29 is 0 Å². The van der Waals surface area contributed by atoms with Crippen molar-refractivity contribution in [2.75, 3.05) is 6.54 Å². The Labute approximate surface area is 150 Å². The highest BCUT2D eigenvalue weighted by atomic mass is 127. The highest BCUT2D eigenvalue weighted by Crippen LogP contribution is 2.10. The number of hydrogen-bond donors (Lipinski definition) is 2. The molecule has 1 rings (SSSR count). The summed E-state index contributed by atoms with van der Waals surface area (Å²) in [6.07, 6.45) is 8.75. The van der Waals surface area contributed by atoms with Gasteiger partial charge in [-0.05, 0) is 12.8 Å². The first-order valence-corrected chi connectivity index (χ1v) is 8.61. The summed E-state index contributed by atoms with van der Waals surface area (Å²) in [5.41, 5.74) is 6.85. The molecule has 0 aromatic carbocycles. The Balaban J connectivity index is 0.00000400. The fourth-order valence-corrected chi connectivity index (χ4v) is 2.66. The van der Waals surface area contributed by atoms with E-state index in [-0.39, 0.29) is 24.0 Å². The molecule has 1 aromatic rings. The minimum Gasteiger partial charge on any atom is -0.370 e. The van der Waals surface area contributed by atoms with E-state index in [1.165, 1.54) is 32.1 Å². The Morgan fingerprint density at radius 1 is 1.24 bits per heavy atom. The van der Waals surface area contributed by atoms with Gasteiger partial charge in [-0.15, -0.1) is 35.3 Å². The second kappa shape index (κ2) is 13.3. The van der Waals surface area contributed by atoms with Crippen molar-refractivity contribution in [1.82, 2.24) is 10.3 Å². The van der Waals surface area contributed by atoms with Gasteiger partial charge in [0.1, 0.15) is 0 Å². The van der Waals surface area contributed by atoms with Crippen molar-refractivity contribution in [3.05, 3.63) is 16.1 Å². The van der Waals surface area contributed by atoms with Crippen LogP contribution in [0.4, 0.5) is 0 Å². The van der Waals surface area contributed by atoms with Gasteiger partial charge in [0.25, 0.3) is 0 Å². The maximum Gasteiger partial charge on any atom is 0.188 e. The summed E-state index contributed by atoms with van der Waals surface area (Å²) in [5.74, 6) is 0.532. The SMILES string of the molecule is CCCCCCCCNC(N)=NCc1csc(CC)n1.I. The normalized spacial score (nSPS) is 11.2. The molecule has 3 N–H and O–H groups in total. The zero-order valence-electron chi connectivity index (χ0n) is 13.2. The number of aliphatic imine (C=N–C) groups is 1. The van der Waals surface area contributed by atoms with Crippen LogP contribution < -0.4 is 11.1 Å². The first-order valence-electron chi connectivity index (χ1n) is 7.73. The molecule has 0 atom stereocenters. The molecule has 0 aliphatic heterocycles. The van der Waals surface area contributed by atoms with Gasteiger partial charge in [0.05, 0.1) is 17.2 Å². The largest absolute Gasteiger partial charge is 0.370 e. The van der Waals surface area contributed by atoms with Crippen LogP contribution in [0.3, 0.4) is 0 Å². The lowest BCUT2D eigenvalue weighted by molar-refractivity contribution is 0.601. The zero-order valence-corrected chi connectivity index (χ0v) is 16.4. The monoisotopic (exact) mass is 424 g/mol. The first-order chi connectivity index (χ1) is 9.76. The number of hydrogen-bond acceptors (Lipinski definition) is 3. The second-order valence-electron chi connectivity index (χ2n) is 4.98. The molecule has 0 bridgehead atoms. The number of nitrogens with two attached hydrogens (primary N) is 1. The van der Waals surface area contributed by atoms with E-state index < -0.39 is 0 Å². The third-order valence-electron chi connectivity index (χ3n) is 3.15. The van der Waals surface area contributed by atoms with Gasteiger partial charge in [-0.1, -0.05) is 46.0 Å². The van der Waals surface area contributed by atoms with Gasteiger partial charge in [0, 0.05) is 11.9 Å². The summed E-state index contributed by atoms with van der Waals surface area (Å²) in [5, 5.41) is 6.39. The van der Waals surface area contributed by atoms with Gasteiger partial charge in [-0.2, -0.15) is 0 Å². The van der Waals surface area contributed by atoms with Gasteiger partial charge in [0.15, 0.2) is 5.96 Å². The molecule has 0 radical (unpaired) electrons. The summed E-state index contributed by atoms with van der Waals surface area (Å²) in [6, 6.07) is 0. The minimum atomic E-state index is 0. The fraction of sp³-hybridized carbons (Fsp3) is 0.733. The zero-order chi connectivity index (χ0) is 14.6. The van der Waals surface area contributed by atoms with E-state index in [9.17, 15) is 0 Å². The lowest BCUT2D eigenvalue weighted by Gasteiger charge is -2.05. The molecule has 1 aromatic heterocycles. The molecule has 0 unspecified atom stereocenters. The number of guanidine groups is 1. The third-order valence-corrected chi connectivity index (χ3v) is 4.19. The lowest BCUT2D eigenvalue weighted by atomic mass is 10.1. The first kappa shape index (κ1) is 20.6. The average molecular weight is 424 g/mol. The Kier molecular flexibility index (Phi) is 13.1. The molecule has 0 saturated heterocycles. The summed E-state index contributed by atoms with van der Waals surface area (Å²) < 4.78 is 0. The van der Waals surface area contributed by atoms with Crippen molar-refractivity contribution in [2.24, 2.45) is 10.7 Å². The average Bonchev–Trinajstić information content (AvgIpc) is 2.92. The van der Waals surface area contributed by atoms with Crippen LogP contribution in [0.15, 0.2) is 10.4 Å². The van der Waals surface area contributed by atoms with Crippen LogP contribution in [0.5, 0.6) is 0 Å². The smallest absolute Gasteiger partial charge is 0.188 e. The topological polar surface area (TPSA) is 63.3 Å². The number of rotatable bonds is 10. The number of thiazole rings is 1. The van der Waals surface area contributed by atoms with E-state index in [0.29, 0.717) is 12.5 Å². The molecular formula is C15H29IN4S. The van der Waals surface area contributed by atoms with Crippen LogP contribution >= 0.6 is 35.3 Å². The van der Waals surface area contributed by atoms with Crippen molar-refractivity contribution in [3.63, 3.8) is 0 Å². The molecule has 0 saturated carbocycles. The quantitative estimate of drug-likeness (QED) is 0.257. The number of aromatic nitrogens is 1. The Morgan fingerprint density at radius 3 is 2.62 bits per heavy atom. The van der Waals surface area contributed by atoms with E-state index in [0.717, 1.165) is 30.1 Å². The lowest BCUT2D eigenvalue weighted by Crippen LogP contribution is -2.32. The summed E-state index contributed by atoms with van der Waals surface area (Å²) in [4.78, 5) is 8.78. The van der Waals surface area contributed by atoms with E-state index >= 15 is 0 Å². The highest BCUT2D eigenvalue weighted by Gasteiger charge is 1.99. The van der Waals surface area contributed by atoms with Crippen LogP contribution in [0, 0.1) is 0 Å². The fourth-order valence-electron chi connectivity index (χ4n) is 1.93. The number of unbranched alkanes of at least 4 members (excludes halogenated alkanes) is 5. The van der Waals surface area contributed by atoms with E-state index in [4.69, 9.17) is 5.73 Å². The van der Waals surface area contributed by atoms with Crippen molar-refractivity contribution in [2.45, 2.75) is 65.3 Å². The second-order valence-corrected chi connectivity index (χ2v) is 5.92. The molecule has 4 nitrogen and oxygen atoms in total. The Bertz CT molecular complexity index is 393. The van der Waals surface area contributed by atoms with E-state index in [1.807, 2.05) is 0 Å². The van der Waals surface area contributed by atoms with Crippen LogP contribution in [0.2, 0.25) is 0 Å². The minimum absolute atomic E-state index is 0. The van der Waals surface area contributed by atoms with Crippen LogP contribution in [0.25, 0.3) is 0 Å². The molecule has 0 aliphatic carbocycles.